The summed E-state index contributed by atoms with van der Waals surface area (Å²) >= 11 is 0. The van der Waals surface area contributed by atoms with Gasteiger partial charge in [0.1, 0.15) is 17.5 Å². The van der Waals surface area contributed by atoms with E-state index in [2.05, 4.69) is 10.5 Å². The Balaban J connectivity index is 2.04. The first-order valence-electron chi connectivity index (χ1n) is 7.40. The lowest BCUT2D eigenvalue weighted by Crippen LogP contribution is -2.50. The Morgan fingerprint density at radius 3 is 2.65 bits per heavy atom. The standard InChI is InChI=1S/C16H21N3O4/c1-10(2)14(17-15(20)13-6-5-7-22-13)16(21)19(4)9-12-8-11(3)23-18-12/h5-8,10,14H,9H2,1-4H3,(H,17,20). The molecule has 2 heterocycles. The predicted octanol–water partition coefficient (Wildman–Crippen LogP) is 1.99. The van der Waals surface area contributed by atoms with E-state index in [1.54, 1.807) is 32.2 Å². The molecule has 2 rings (SSSR count). The van der Waals surface area contributed by atoms with Crippen molar-refractivity contribution < 1.29 is 18.5 Å². The van der Waals surface area contributed by atoms with Gasteiger partial charge in [-0.1, -0.05) is 19.0 Å². The molecule has 124 valence electrons. The number of nitrogens with zero attached hydrogens (tertiary/aromatic N) is 2. The van der Waals surface area contributed by atoms with Gasteiger partial charge in [-0.3, -0.25) is 9.59 Å². The Labute approximate surface area is 134 Å². The fraction of sp³-hybridized carbons (Fsp3) is 0.438. The van der Waals surface area contributed by atoms with E-state index in [0.717, 1.165) is 0 Å². The molecule has 0 spiro atoms. The molecule has 2 amide bonds. The zero-order valence-electron chi connectivity index (χ0n) is 13.7. The van der Waals surface area contributed by atoms with Gasteiger partial charge >= 0.3 is 0 Å². The molecule has 0 aromatic carbocycles. The SMILES string of the molecule is Cc1cc(CN(C)C(=O)C(NC(=O)c2ccco2)C(C)C)no1. The van der Waals surface area contributed by atoms with Crippen molar-refractivity contribution >= 4 is 11.8 Å². The predicted molar refractivity (Wildman–Crippen MR) is 82.5 cm³/mol. The van der Waals surface area contributed by atoms with Crippen molar-refractivity contribution in [2.75, 3.05) is 7.05 Å². The molecule has 0 fully saturated rings. The molecular formula is C16H21N3O4. The molecule has 7 heteroatoms. The van der Waals surface area contributed by atoms with E-state index in [9.17, 15) is 9.59 Å². The van der Waals surface area contributed by atoms with Crippen molar-refractivity contribution in [3.63, 3.8) is 0 Å². The topological polar surface area (TPSA) is 88.6 Å². The van der Waals surface area contributed by atoms with Crippen molar-refractivity contribution in [1.82, 2.24) is 15.4 Å². The van der Waals surface area contributed by atoms with E-state index in [-0.39, 0.29) is 17.6 Å². The molecule has 0 bridgehead atoms. The number of aryl methyl sites for hydroxylation is 1. The van der Waals surface area contributed by atoms with Gasteiger partial charge in [0, 0.05) is 13.1 Å². The minimum Gasteiger partial charge on any atom is -0.459 e. The Bertz CT molecular complexity index is 661. The van der Waals surface area contributed by atoms with Gasteiger partial charge in [0.2, 0.25) is 5.91 Å². The smallest absolute Gasteiger partial charge is 0.287 e. The highest BCUT2D eigenvalue weighted by atomic mass is 16.5. The zero-order valence-corrected chi connectivity index (χ0v) is 13.7. The van der Waals surface area contributed by atoms with E-state index < -0.39 is 11.9 Å². The number of hydrogen-bond acceptors (Lipinski definition) is 5. The second kappa shape index (κ2) is 7.13. The largest absolute Gasteiger partial charge is 0.459 e. The fourth-order valence-corrected chi connectivity index (χ4v) is 2.18. The van der Waals surface area contributed by atoms with E-state index in [4.69, 9.17) is 8.94 Å². The minimum absolute atomic E-state index is 0.0668. The molecule has 0 radical (unpaired) electrons. The van der Waals surface area contributed by atoms with Crippen LogP contribution in [0.4, 0.5) is 0 Å². The normalized spacial score (nSPS) is 12.2. The maximum absolute atomic E-state index is 12.6. The Hall–Kier alpha value is -2.57. The molecule has 0 aliphatic heterocycles. The number of aromatic nitrogens is 1. The van der Waals surface area contributed by atoms with Gasteiger partial charge < -0.3 is 19.2 Å². The second-order valence-corrected chi connectivity index (χ2v) is 5.80. The van der Waals surface area contributed by atoms with Crippen molar-refractivity contribution in [3.05, 3.63) is 41.7 Å². The Morgan fingerprint density at radius 1 is 1.39 bits per heavy atom. The highest BCUT2D eigenvalue weighted by Gasteiger charge is 2.28. The Morgan fingerprint density at radius 2 is 2.13 bits per heavy atom. The van der Waals surface area contributed by atoms with Crippen LogP contribution < -0.4 is 5.32 Å². The van der Waals surface area contributed by atoms with Crippen molar-refractivity contribution in [2.24, 2.45) is 5.92 Å². The van der Waals surface area contributed by atoms with Gasteiger partial charge in [-0.15, -0.1) is 0 Å². The number of furan rings is 1. The lowest BCUT2D eigenvalue weighted by atomic mass is 10.0. The lowest BCUT2D eigenvalue weighted by Gasteiger charge is -2.26. The number of amides is 2. The van der Waals surface area contributed by atoms with Crippen LogP contribution in [0.2, 0.25) is 0 Å². The molecule has 0 aliphatic rings. The van der Waals surface area contributed by atoms with Crippen LogP contribution in [0.15, 0.2) is 33.4 Å². The van der Waals surface area contributed by atoms with E-state index in [1.165, 1.54) is 11.2 Å². The monoisotopic (exact) mass is 319 g/mol. The van der Waals surface area contributed by atoms with E-state index in [1.807, 2.05) is 13.8 Å². The number of carbonyl (C=O) groups excluding carboxylic acids is 2. The summed E-state index contributed by atoms with van der Waals surface area (Å²) in [5, 5.41) is 6.60. The van der Waals surface area contributed by atoms with Crippen molar-refractivity contribution in [2.45, 2.75) is 33.4 Å². The average Bonchev–Trinajstić information content (AvgIpc) is 3.15. The van der Waals surface area contributed by atoms with Crippen LogP contribution in [-0.4, -0.2) is 35.0 Å². The molecule has 1 unspecified atom stereocenters. The van der Waals surface area contributed by atoms with Gasteiger partial charge in [-0.2, -0.15) is 0 Å². The highest BCUT2D eigenvalue weighted by Crippen LogP contribution is 2.11. The maximum atomic E-state index is 12.6. The van der Waals surface area contributed by atoms with Gasteiger partial charge in [0.15, 0.2) is 5.76 Å². The van der Waals surface area contributed by atoms with Gasteiger partial charge in [0.05, 0.1) is 12.8 Å². The van der Waals surface area contributed by atoms with Crippen molar-refractivity contribution in [3.8, 4) is 0 Å². The van der Waals surface area contributed by atoms with Crippen LogP contribution in [-0.2, 0) is 11.3 Å². The van der Waals surface area contributed by atoms with Crippen LogP contribution >= 0.6 is 0 Å². The fourth-order valence-electron chi connectivity index (χ4n) is 2.18. The van der Waals surface area contributed by atoms with Crippen LogP contribution in [0.3, 0.4) is 0 Å². The number of likely N-dealkylation sites (N-methyl/N-ethyl adjacent to an activating group) is 1. The third-order valence-electron chi connectivity index (χ3n) is 3.42. The molecule has 1 atom stereocenters. The average molecular weight is 319 g/mol. The van der Waals surface area contributed by atoms with Gasteiger partial charge in [-0.25, -0.2) is 0 Å². The van der Waals surface area contributed by atoms with Gasteiger partial charge in [-0.05, 0) is 25.0 Å². The van der Waals surface area contributed by atoms with Crippen LogP contribution in [0.1, 0.15) is 35.9 Å². The first-order valence-corrected chi connectivity index (χ1v) is 7.40. The first kappa shape index (κ1) is 16.8. The number of hydrogen-bond donors (Lipinski definition) is 1. The van der Waals surface area contributed by atoms with E-state index >= 15 is 0 Å². The third kappa shape index (κ3) is 4.21. The molecule has 1 N–H and O–H groups in total. The second-order valence-electron chi connectivity index (χ2n) is 5.80. The summed E-state index contributed by atoms with van der Waals surface area (Å²) in [7, 11) is 1.67. The zero-order chi connectivity index (χ0) is 17.0. The summed E-state index contributed by atoms with van der Waals surface area (Å²) in [6.45, 7) is 5.85. The summed E-state index contributed by atoms with van der Waals surface area (Å²) < 4.78 is 10.1. The summed E-state index contributed by atoms with van der Waals surface area (Å²) in [5.41, 5.74) is 0.665. The quantitative estimate of drug-likeness (QED) is 0.879. The minimum atomic E-state index is -0.648. The summed E-state index contributed by atoms with van der Waals surface area (Å²) in [6.07, 6.45) is 1.42. The number of rotatable bonds is 6. The molecular weight excluding hydrogens is 298 g/mol. The van der Waals surface area contributed by atoms with Crippen LogP contribution in [0, 0.1) is 12.8 Å². The summed E-state index contributed by atoms with van der Waals surface area (Å²) in [6, 6.07) is 4.31. The third-order valence-corrected chi connectivity index (χ3v) is 3.42. The van der Waals surface area contributed by atoms with Crippen LogP contribution in [0.5, 0.6) is 0 Å². The van der Waals surface area contributed by atoms with Gasteiger partial charge in [0.25, 0.3) is 5.91 Å². The molecule has 2 aromatic rings. The maximum Gasteiger partial charge on any atom is 0.287 e. The number of carbonyl (C=O) groups is 2. The molecule has 0 saturated carbocycles. The highest BCUT2D eigenvalue weighted by molar-refractivity contribution is 5.95. The van der Waals surface area contributed by atoms with E-state index in [0.29, 0.717) is 18.0 Å². The summed E-state index contributed by atoms with van der Waals surface area (Å²) in [5.74, 6) is 0.196. The molecule has 0 aliphatic carbocycles. The lowest BCUT2D eigenvalue weighted by molar-refractivity contribution is -0.133. The molecule has 2 aromatic heterocycles. The Kier molecular flexibility index (Phi) is 5.20. The molecule has 23 heavy (non-hydrogen) atoms. The summed E-state index contributed by atoms with van der Waals surface area (Å²) in [4.78, 5) is 26.2. The van der Waals surface area contributed by atoms with Crippen LogP contribution in [0.25, 0.3) is 0 Å². The molecule has 7 nitrogen and oxygen atoms in total. The number of nitrogens with one attached hydrogen (secondary N) is 1. The molecule has 0 saturated heterocycles. The first-order chi connectivity index (χ1) is 10.9. The van der Waals surface area contributed by atoms with Crippen molar-refractivity contribution in [1.29, 1.82) is 0 Å².